The molecule has 8 nitrogen and oxygen atoms in total. The summed E-state index contributed by atoms with van der Waals surface area (Å²) in [5.74, 6) is -0.441. The van der Waals surface area contributed by atoms with Crippen LogP contribution in [0, 0.1) is 0 Å². The van der Waals surface area contributed by atoms with Gasteiger partial charge in [-0.1, -0.05) is 35.9 Å². The summed E-state index contributed by atoms with van der Waals surface area (Å²) in [7, 11) is 0. The molecule has 0 atom stereocenters. The van der Waals surface area contributed by atoms with Gasteiger partial charge in [-0.3, -0.25) is 4.79 Å². The molecule has 2 aromatic heterocycles. The van der Waals surface area contributed by atoms with Crippen LogP contribution in [-0.4, -0.2) is 52.3 Å². The Labute approximate surface area is 207 Å². The number of aliphatic carboxylic acids is 1. The number of pyridine rings is 1. The maximum absolute atomic E-state index is 11.6. The van der Waals surface area contributed by atoms with E-state index in [2.05, 4.69) is 32.0 Å². The van der Waals surface area contributed by atoms with E-state index in [9.17, 15) is 9.90 Å². The topological polar surface area (TPSA) is 101 Å². The third-order valence-corrected chi connectivity index (χ3v) is 6.51. The third-order valence-electron chi connectivity index (χ3n) is 6.23. The van der Waals surface area contributed by atoms with Crippen LogP contribution in [0.4, 0.5) is 5.69 Å². The van der Waals surface area contributed by atoms with Crippen molar-refractivity contribution in [3.05, 3.63) is 65.2 Å². The Balaban J connectivity index is 1.40. The van der Waals surface area contributed by atoms with Gasteiger partial charge in [0.2, 0.25) is 0 Å². The molecule has 0 amide bonds. The highest BCUT2D eigenvalue weighted by atomic mass is 35.5. The maximum atomic E-state index is 11.6. The summed E-state index contributed by atoms with van der Waals surface area (Å²) in [6.45, 7) is 6.51. The average Bonchev–Trinajstić information content (AvgIpc) is 3.25. The van der Waals surface area contributed by atoms with Crippen molar-refractivity contribution in [2.75, 3.05) is 31.2 Å². The van der Waals surface area contributed by atoms with E-state index in [1.807, 2.05) is 12.1 Å². The molecule has 0 spiro atoms. The molecule has 3 heterocycles. The van der Waals surface area contributed by atoms with E-state index in [0.29, 0.717) is 33.2 Å². The molecule has 0 aliphatic carbocycles. The van der Waals surface area contributed by atoms with Crippen LogP contribution in [0.3, 0.4) is 0 Å². The first-order chi connectivity index (χ1) is 16.8. The van der Waals surface area contributed by atoms with E-state index >= 15 is 0 Å². The fourth-order valence-corrected chi connectivity index (χ4v) is 4.24. The molecule has 1 aliphatic heterocycles. The molecule has 9 heteroatoms. The molecule has 2 aromatic carbocycles. The standard InChI is InChI=1S/C26H25ClN4O4/c1-26(2,24(32)33)17-4-3-5-19(14-17)35-25-28-21-15-20(27)22(29-23(21)30-25)16-6-8-18(9-7-16)31-10-12-34-13-11-31/h3-9,14-15H,10-13H2,1-2H3,(H,32,33)(H,28,29,30). The molecule has 0 unspecified atom stereocenters. The molecule has 0 bridgehead atoms. The van der Waals surface area contributed by atoms with Crippen molar-refractivity contribution in [3.63, 3.8) is 0 Å². The lowest BCUT2D eigenvalue weighted by atomic mass is 9.85. The lowest BCUT2D eigenvalue weighted by Gasteiger charge is -2.28. The number of rotatable bonds is 6. The van der Waals surface area contributed by atoms with E-state index in [0.717, 1.165) is 37.6 Å². The van der Waals surface area contributed by atoms with Crippen LogP contribution in [0.5, 0.6) is 11.8 Å². The number of halogens is 1. The predicted molar refractivity (Wildman–Crippen MR) is 135 cm³/mol. The second-order valence-corrected chi connectivity index (χ2v) is 9.35. The van der Waals surface area contributed by atoms with Gasteiger partial charge in [-0.15, -0.1) is 0 Å². The van der Waals surface area contributed by atoms with Crippen LogP contribution >= 0.6 is 11.6 Å². The number of imidazole rings is 1. The van der Waals surface area contributed by atoms with Crippen molar-refractivity contribution in [2.45, 2.75) is 19.3 Å². The first-order valence-corrected chi connectivity index (χ1v) is 11.7. The molecular formula is C26H25ClN4O4. The Morgan fingerprint density at radius 2 is 1.86 bits per heavy atom. The number of carboxylic acid groups (broad SMARTS) is 1. The maximum Gasteiger partial charge on any atom is 0.313 e. The number of nitrogens with one attached hydrogen (secondary N) is 1. The van der Waals surface area contributed by atoms with Crippen molar-refractivity contribution in [2.24, 2.45) is 0 Å². The van der Waals surface area contributed by atoms with Crippen molar-refractivity contribution in [1.82, 2.24) is 15.0 Å². The highest BCUT2D eigenvalue weighted by molar-refractivity contribution is 6.33. The lowest BCUT2D eigenvalue weighted by Crippen LogP contribution is -2.36. The van der Waals surface area contributed by atoms with Gasteiger partial charge in [-0.25, -0.2) is 4.98 Å². The Morgan fingerprint density at radius 3 is 2.57 bits per heavy atom. The molecule has 180 valence electrons. The summed E-state index contributed by atoms with van der Waals surface area (Å²) in [4.78, 5) is 26.1. The van der Waals surface area contributed by atoms with Gasteiger partial charge in [-0.2, -0.15) is 4.98 Å². The van der Waals surface area contributed by atoms with Crippen molar-refractivity contribution >= 4 is 34.4 Å². The van der Waals surface area contributed by atoms with Crippen molar-refractivity contribution in [1.29, 1.82) is 0 Å². The molecule has 1 aliphatic rings. The number of benzene rings is 2. The van der Waals surface area contributed by atoms with Crippen molar-refractivity contribution in [3.8, 4) is 23.0 Å². The number of morpholine rings is 1. The normalized spacial score (nSPS) is 14.3. The molecule has 35 heavy (non-hydrogen) atoms. The summed E-state index contributed by atoms with van der Waals surface area (Å²) in [5.41, 5.74) is 3.35. The summed E-state index contributed by atoms with van der Waals surface area (Å²) in [5, 5.41) is 10.0. The summed E-state index contributed by atoms with van der Waals surface area (Å²) in [6.07, 6.45) is 0. The van der Waals surface area contributed by atoms with Gasteiger partial charge in [-0.05, 0) is 49.7 Å². The number of fused-ring (bicyclic) bond motifs is 1. The first kappa shape index (κ1) is 23.1. The molecular weight excluding hydrogens is 468 g/mol. The fraction of sp³-hybridized carbons (Fsp3) is 0.269. The van der Waals surface area contributed by atoms with E-state index in [-0.39, 0.29) is 6.01 Å². The number of H-pyrrole nitrogens is 1. The molecule has 5 rings (SSSR count). The van der Waals surface area contributed by atoms with Gasteiger partial charge in [0.25, 0.3) is 0 Å². The van der Waals surface area contributed by atoms with Gasteiger partial charge in [0.15, 0.2) is 5.65 Å². The predicted octanol–water partition coefficient (Wildman–Crippen LogP) is 5.27. The average molecular weight is 493 g/mol. The Bertz CT molecular complexity index is 1380. The second-order valence-electron chi connectivity index (χ2n) is 8.94. The quantitative estimate of drug-likeness (QED) is 0.378. The van der Waals surface area contributed by atoms with Gasteiger partial charge in [0, 0.05) is 24.3 Å². The summed E-state index contributed by atoms with van der Waals surface area (Å²) in [6, 6.07) is 17.1. The molecule has 1 fully saturated rings. The van der Waals surface area contributed by atoms with Crippen LogP contribution in [-0.2, 0) is 14.9 Å². The SMILES string of the molecule is CC(C)(C(=O)O)c1cccc(Oc2nc3nc(-c4ccc(N5CCOCC5)cc4)c(Cl)cc3[nH]2)c1. The highest BCUT2D eigenvalue weighted by Crippen LogP contribution is 2.32. The van der Waals surface area contributed by atoms with E-state index in [1.165, 1.54) is 0 Å². The van der Waals surface area contributed by atoms with Crippen LogP contribution in [0.15, 0.2) is 54.6 Å². The zero-order valence-corrected chi connectivity index (χ0v) is 20.2. The van der Waals surface area contributed by atoms with Crippen LogP contribution in [0.25, 0.3) is 22.4 Å². The van der Waals surface area contributed by atoms with Crippen molar-refractivity contribution < 1.29 is 19.4 Å². The number of nitrogens with zero attached hydrogens (tertiary/aromatic N) is 3. The van der Waals surface area contributed by atoms with Gasteiger partial charge in [0.05, 0.1) is 34.9 Å². The van der Waals surface area contributed by atoms with Crippen LogP contribution < -0.4 is 9.64 Å². The second kappa shape index (κ2) is 9.20. The third kappa shape index (κ3) is 4.67. The number of aromatic amines is 1. The number of hydrogen-bond donors (Lipinski definition) is 2. The van der Waals surface area contributed by atoms with Gasteiger partial charge in [0.1, 0.15) is 5.75 Å². The van der Waals surface area contributed by atoms with E-state index in [4.69, 9.17) is 21.1 Å². The number of carbonyl (C=O) groups is 1. The molecule has 0 radical (unpaired) electrons. The van der Waals surface area contributed by atoms with E-state index < -0.39 is 11.4 Å². The zero-order chi connectivity index (χ0) is 24.6. The smallest absolute Gasteiger partial charge is 0.313 e. The highest BCUT2D eigenvalue weighted by Gasteiger charge is 2.29. The number of ether oxygens (including phenoxy) is 2. The largest absolute Gasteiger partial charge is 0.481 e. The minimum absolute atomic E-state index is 0.244. The minimum atomic E-state index is -1.05. The van der Waals surface area contributed by atoms with Crippen LogP contribution in [0.1, 0.15) is 19.4 Å². The Morgan fingerprint density at radius 1 is 1.11 bits per heavy atom. The minimum Gasteiger partial charge on any atom is -0.481 e. The molecule has 4 aromatic rings. The number of aromatic nitrogens is 3. The summed E-state index contributed by atoms with van der Waals surface area (Å²) < 4.78 is 11.3. The molecule has 1 saturated heterocycles. The number of hydrogen-bond acceptors (Lipinski definition) is 6. The van der Waals surface area contributed by atoms with Gasteiger partial charge < -0.3 is 24.5 Å². The van der Waals surface area contributed by atoms with E-state index in [1.54, 1.807) is 44.2 Å². The molecule has 2 N–H and O–H groups in total. The lowest BCUT2D eigenvalue weighted by molar-refractivity contribution is -0.142. The Hall–Kier alpha value is -3.62. The van der Waals surface area contributed by atoms with Crippen LogP contribution in [0.2, 0.25) is 5.02 Å². The zero-order valence-electron chi connectivity index (χ0n) is 19.4. The molecule has 0 saturated carbocycles. The first-order valence-electron chi connectivity index (χ1n) is 11.3. The number of carboxylic acids is 1. The number of anilines is 1. The monoisotopic (exact) mass is 492 g/mol. The summed E-state index contributed by atoms with van der Waals surface area (Å²) >= 11 is 6.56. The van der Waals surface area contributed by atoms with Gasteiger partial charge >= 0.3 is 12.0 Å². The Kier molecular flexibility index (Phi) is 6.08. The fourth-order valence-electron chi connectivity index (χ4n) is 3.98.